The Bertz CT molecular complexity index is 337. The molecule has 1 aromatic heterocycles. The summed E-state index contributed by atoms with van der Waals surface area (Å²) in [6.07, 6.45) is 4.06. The number of hydrogen-bond donors (Lipinski definition) is 1. The largest absolute Gasteiger partial charge is 0.389 e. The van der Waals surface area contributed by atoms with Gasteiger partial charge in [-0.3, -0.25) is 0 Å². The van der Waals surface area contributed by atoms with Gasteiger partial charge in [-0.1, -0.05) is 19.0 Å². The highest BCUT2D eigenvalue weighted by Crippen LogP contribution is 2.36. The molecule has 1 N–H and O–H groups in total. The van der Waals surface area contributed by atoms with Crippen LogP contribution in [0.4, 0.5) is 0 Å². The predicted molar refractivity (Wildman–Crippen MR) is 55.3 cm³/mol. The van der Waals surface area contributed by atoms with E-state index in [9.17, 15) is 5.11 Å². The summed E-state index contributed by atoms with van der Waals surface area (Å²) in [5, 5.41) is 14.1. The second-order valence-corrected chi connectivity index (χ2v) is 4.71. The summed E-state index contributed by atoms with van der Waals surface area (Å²) < 4.78 is 5.10. The molecule has 2 rings (SSSR count). The zero-order valence-corrected chi connectivity index (χ0v) is 9.36. The molecule has 1 saturated carbocycles. The Morgan fingerprint density at radius 1 is 1.60 bits per heavy atom. The first-order chi connectivity index (χ1) is 7.11. The molecule has 1 heterocycles. The van der Waals surface area contributed by atoms with Gasteiger partial charge in [0.1, 0.15) is 0 Å². The van der Waals surface area contributed by atoms with Crippen molar-refractivity contribution >= 4 is 0 Å². The van der Waals surface area contributed by atoms with Gasteiger partial charge in [0, 0.05) is 6.42 Å². The molecule has 0 saturated heterocycles. The molecule has 0 aromatic carbocycles. The molecule has 4 nitrogen and oxygen atoms in total. The van der Waals surface area contributed by atoms with Gasteiger partial charge < -0.3 is 9.63 Å². The van der Waals surface area contributed by atoms with Crippen molar-refractivity contribution in [1.82, 2.24) is 10.1 Å². The van der Waals surface area contributed by atoms with Gasteiger partial charge in [-0.05, 0) is 25.2 Å². The SMILES string of the molecule is CCc1noc(C[C@]2(O)CC[C@H](C)C2)n1. The molecular formula is C11H18N2O2. The molecule has 0 unspecified atom stereocenters. The normalized spacial score (nSPS) is 31.0. The first-order valence-electron chi connectivity index (χ1n) is 5.65. The van der Waals surface area contributed by atoms with Crippen molar-refractivity contribution in [3.8, 4) is 0 Å². The lowest BCUT2D eigenvalue weighted by Gasteiger charge is -2.19. The molecule has 1 aliphatic carbocycles. The van der Waals surface area contributed by atoms with Crippen molar-refractivity contribution in [3.05, 3.63) is 11.7 Å². The van der Waals surface area contributed by atoms with Crippen LogP contribution in [0.15, 0.2) is 4.52 Å². The topological polar surface area (TPSA) is 59.2 Å². The molecule has 1 fully saturated rings. The monoisotopic (exact) mass is 210 g/mol. The van der Waals surface area contributed by atoms with E-state index in [0.717, 1.165) is 31.5 Å². The van der Waals surface area contributed by atoms with Gasteiger partial charge in [-0.25, -0.2) is 0 Å². The standard InChI is InChI=1S/C11H18N2O2/c1-3-9-12-10(15-13-9)7-11(14)5-4-8(2)6-11/h8,14H,3-7H2,1-2H3/t8-,11-/m0/s1. The van der Waals surface area contributed by atoms with Gasteiger partial charge in [-0.2, -0.15) is 4.98 Å². The van der Waals surface area contributed by atoms with Crippen LogP contribution in [-0.4, -0.2) is 20.8 Å². The van der Waals surface area contributed by atoms with Gasteiger partial charge in [0.2, 0.25) is 5.89 Å². The van der Waals surface area contributed by atoms with Crippen molar-refractivity contribution in [2.24, 2.45) is 5.92 Å². The Labute approximate surface area is 89.7 Å². The molecule has 4 heteroatoms. The molecule has 15 heavy (non-hydrogen) atoms. The molecule has 2 atom stereocenters. The van der Waals surface area contributed by atoms with Crippen LogP contribution < -0.4 is 0 Å². The van der Waals surface area contributed by atoms with Gasteiger partial charge in [0.15, 0.2) is 5.82 Å². The first-order valence-corrected chi connectivity index (χ1v) is 5.65. The number of rotatable bonds is 3. The molecule has 0 spiro atoms. The predicted octanol–water partition coefficient (Wildman–Crippen LogP) is 1.73. The minimum atomic E-state index is -0.614. The van der Waals surface area contributed by atoms with E-state index in [0.29, 0.717) is 18.2 Å². The number of aromatic nitrogens is 2. The fourth-order valence-corrected chi connectivity index (χ4v) is 2.32. The van der Waals surface area contributed by atoms with E-state index in [2.05, 4.69) is 17.1 Å². The summed E-state index contributed by atoms with van der Waals surface area (Å²) in [4.78, 5) is 4.22. The highest BCUT2D eigenvalue weighted by Gasteiger charge is 2.36. The summed E-state index contributed by atoms with van der Waals surface area (Å²) in [6, 6.07) is 0. The van der Waals surface area contributed by atoms with Crippen LogP contribution in [0.2, 0.25) is 0 Å². The number of aryl methyl sites for hydroxylation is 1. The van der Waals surface area contributed by atoms with Gasteiger partial charge in [0.05, 0.1) is 12.0 Å². The molecule has 1 aliphatic rings. The van der Waals surface area contributed by atoms with Crippen LogP contribution in [0.25, 0.3) is 0 Å². The Morgan fingerprint density at radius 2 is 2.40 bits per heavy atom. The lowest BCUT2D eigenvalue weighted by molar-refractivity contribution is 0.0368. The van der Waals surface area contributed by atoms with E-state index < -0.39 is 5.60 Å². The van der Waals surface area contributed by atoms with Crippen LogP contribution in [0.3, 0.4) is 0 Å². The maximum Gasteiger partial charge on any atom is 0.229 e. The molecule has 1 aromatic rings. The summed E-state index contributed by atoms with van der Waals surface area (Å²) >= 11 is 0. The second kappa shape index (κ2) is 3.93. The van der Waals surface area contributed by atoms with Gasteiger partial charge in [0.25, 0.3) is 0 Å². The molecule has 0 amide bonds. The summed E-state index contributed by atoms with van der Waals surface area (Å²) in [5.41, 5.74) is -0.614. The Morgan fingerprint density at radius 3 is 2.93 bits per heavy atom. The Hall–Kier alpha value is -0.900. The zero-order chi connectivity index (χ0) is 10.9. The Kier molecular flexibility index (Phi) is 2.78. The van der Waals surface area contributed by atoms with E-state index in [1.807, 2.05) is 6.92 Å². The summed E-state index contributed by atoms with van der Waals surface area (Å²) in [7, 11) is 0. The fourth-order valence-electron chi connectivity index (χ4n) is 2.32. The number of nitrogens with zero attached hydrogens (tertiary/aromatic N) is 2. The van der Waals surface area contributed by atoms with Crippen LogP contribution in [0.1, 0.15) is 44.8 Å². The fraction of sp³-hybridized carbons (Fsp3) is 0.818. The average molecular weight is 210 g/mol. The maximum atomic E-state index is 10.3. The Balaban J connectivity index is 2.02. The minimum Gasteiger partial charge on any atom is -0.389 e. The van der Waals surface area contributed by atoms with Crippen molar-refractivity contribution in [1.29, 1.82) is 0 Å². The quantitative estimate of drug-likeness (QED) is 0.825. The molecule has 0 radical (unpaired) electrons. The maximum absolute atomic E-state index is 10.3. The first kappa shape index (κ1) is 10.6. The van der Waals surface area contributed by atoms with Crippen LogP contribution in [0.5, 0.6) is 0 Å². The molecule has 0 aliphatic heterocycles. The highest BCUT2D eigenvalue weighted by molar-refractivity contribution is 4.97. The highest BCUT2D eigenvalue weighted by atomic mass is 16.5. The van der Waals surface area contributed by atoms with E-state index in [1.54, 1.807) is 0 Å². The molecule has 0 bridgehead atoms. The van der Waals surface area contributed by atoms with Crippen molar-refractivity contribution in [2.75, 3.05) is 0 Å². The zero-order valence-electron chi connectivity index (χ0n) is 9.36. The van der Waals surface area contributed by atoms with Gasteiger partial charge in [-0.15, -0.1) is 0 Å². The van der Waals surface area contributed by atoms with Crippen LogP contribution in [0, 0.1) is 5.92 Å². The smallest absolute Gasteiger partial charge is 0.229 e. The van der Waals surface area contributed by atoms with E-state index in [4.69, 9.17) is 4.52 Å². The average Bonchev–Trinajstić information content (AvgIpc) is 2.74. The summed E-state index contributed by atoms with van der Waals surface area (Å²) in [5.74, 6) is 1.90. The van der Waals surface area contributed by atoms with Crippen LogP contribution >= 0.6 is 0 Å². The number of hydrogen-bond acceptors (Lipinski definition) is 4. The molecular weight excluding hydrogens is 192 g/mol. The minimum absolute atomic E-state index is 0.504. The summed E-state index contributed by atoms with van der Waals surface area (Å²) in [6.45, 7) is 4.16. The third-order valence-corrected chi connectivity index (χ3v) is 3.14. The van der Waals surface area contributed by atoms with E-state index in [1.165, 1.54) is 0 Å². The second-order valence-electron chi connectivity index (χ2n) is 4.71. The van der Waals surface area contributed by atoms with Crippen LogP contribution in [-0.2, 0) is 12.8 Å². The lowest BCUT2D eigenvalue weighted by atomic mass is 9.97. The molecule has 84 valence electrons. The van der Waals surface area contributed by atoms with Crippen molar-refractivity contribution < 1.29 is 9.63 Å². The lowest BCUT2D eigenvalue weighted by Crippen LogP contribution is -2.27. The van der Waals surface area contributed by atoms with E-state index >= 15 is 0 Å². The van der Waals surface area contributed by atoms with Crippen molar-refractivity contribution in [3.63, 3.8) is 0 Å². The third kappa shape index (κ3) is 2.37. The third-order valence-electron chi connectivity index (χ3n) is 3.14. The van der Waals surface area contributed by atoms with Gasteiger partial charge >= 0.3 is 0 Å². The van der Waals surface area contributed by atoms with Crippen molar-refractivity contribution in [2.45, 2.75) is 51.6 Å². The van der Waals surface area contributed by atoms with E-state index in [-0.39, 0.29) is 0 Å². The number of aliphatic hydroxyl groups is 1.